The fraction of sp³-hybridized carbons (Fsp3) is 0.417. The Morgan fingerprint density at radius 1 is 1.35 bits per heavy atom. The molecule has 0 spiro atoms. The normalized spacial score (nSPS) is 14.1. The molecule has 0 aliphatic carbocycles. The van der Waals surface area contributed by atoms with Crippen LogP contribution in [-0.2, 0) is 11.2 Å². The minimum Gasteiger partial charge on any atom is -0.493 e. The molecule has 2 rings (SSSR count). The van der Waals surface area contributed by atoms with Gasteiger partial charge in [-0.05, 0) is 25.0 Å². The molecule has 3 nitrogen and oxygen atoms in total. The molecule has 1 amide bonds. The molecule has 1 aromatic rings. The Morgan fingerprint density at radius 2 is 2.18 bits per heavy atom. The molecule has 1 aromatic carbocycles. The van der Waals surface area contributed by atoms with Gasteiger partial charge in [0.05, 0.1) is 17.3 Å². The summed E-state index contributed by atoms with van der Waals surface area (Å²) in [7, 11) is 0. The van der Waals surface area contributed by atoms with Crippen molar-refractivity contribution in [1.29, 1.82) is 0 Å². The second-order valence-corrected chi connectivity index (χ2v) is 4.62. The van der Waals surface area contributed by atoms with E-state index in [2.05, 4.69) is 5.32 Å². The highest BCUT2D eigenvalue weighted by molar-refractivity contribution is 6.34. The number of benzene rings is 1. The number of fused-ring (bicyclic) bond motifs is 1. The van der Waals surface area contributed by atoms with E-state index in [1.807, 2.05) is 6.07 Å². The Bertz CT molecular complexity index is 435. The van der Waals surface area contributed by atoms with Gasteiger partial charge in [-0.3, -0.25) is 4.79 Å². The Balaban J connectivity index is 2.23. The molecular weight excluding hydrogens is 261 g/mol. The molecule has 1 N–H and O–H groups in total. The smallest absolute Gasteiger partial charge is 0.224 e. The number of hydrogen-bond acceptors (Lipinski definition) is 2. The fourth-order valence-electron chi connectivity index (χ4n) is 1.80. The molecule has 5 heteroatoms. The number of ether oxygens (including phenoxy) is 1. The average Bonchev–Trinajstić information content (AvgIpc) is 2.33. The zero-order valence-electron chi connectivity index (χ0n) is 9.26. The van der Waals surface area contributed by atoms with Crippen molar-refractivity contribution >= 4 is 34.8 Å². The standard InChI is InChI=1S/C12H13Cl2NO2/c13-6-1-7-17-10-4-3-9(14)12-8(10)2-5-11(16)15-12/h3-4H,1-2,5-7H2,(H,15,16). The van der Waals surface area contributed by atoms with E-state index >= 15 is 0 Å². The van der Waals surface area contributed by atoms with Crippen LogP contribution in [0.15, 0.2) is 12.1 Å². The lowest BCUT2D eigenvalue weighted by molar-refractivity contribution is -0.116. The van der Waals surface area contributed by atoms with Gasteiger partial charge < -0.3 is 10.1 Å². The van der Waals surface area contributed by atoms with E-state index < -0.39 is 0 Å². The summed E-state index contributed by atoms with van der Waals surface area (Å²) in [4.78, 5) is 11.3. The second kappa shape index (κ2) is 5.61. The molecule has 0 atom stereocenters. The third-order valence-electron chi connectivity index (χ3n) is 2.62. The summed E-state index contributed by atoms with van der Waals surface area (Å²) in [5.74, 6) is 1.36. The topological polar surface area (TPSA) is 38.3 Å². The van der Waals surface area contributed by atoms with Crippen LogP contribution < -0.4 is 10.1 Å². The van der Waals surface area contributed by atoms with Crippen LogP contribution in [0.4, 0.5) is 5.69 Å². The summed E-state index contributed by atoms with van der Waals surface area (Å²) >= 11 is 11.6. The maximum atomic E-state index is 11.3. The van der Waals surface area contributed by atoms with Gasteiger partial charge in [-0.1, -0.05) is 11.6 Å². The molecule has 0 saturated carbocycles. The van der Waals surface area contributed by atoms with E-state index in [1.54, 1.807) is 6.07 Å². The van der Waals surface area contributed by atoms with E-state index in [0.717, 1.165) is 17.7 Å². The number of amides is 1. The van der Waals surface area contributed by atoms with Crippen LogP contribution in [0.3, 0.4) is 0 Å². The number of carbonyl (C=O) groups excluding carboxylic acids is 1. The highest BCUT2D eigenvalue weighted by Crippen LogP contribution is 2.36. The molecule has 0 unspecified atom stereocenters. The first-order valence-corrected chi connectivity index (χ1v) is 6.43. The predicted octanol–water partition coefficient (Wildman–Crippen LogP) is 3.23. The van der Waals surface area contributed by atoms with Crippen LogP contribution >= 0.6 is 23.2 Å². The summed E-state index contributed by atoms with van der Waals surface area (Å²) in [6.07, 6.45) is 1.93. The molecule has 0 fully saturated rings. The lowest BCUT2D eigenvalue weighted by Crippen LogP contribution is -2.20. The first-order chi connectivity index (χ1) is 8.22. The van der Waals surface area contributed by atoms with Gasteiger partial charge in [0.2, 0.25) is 5.91 Å². The number of halogens is 2. The third kappa shape index (κ3) is 2.85. The summed E-state index contributed by atoms with van der Waals surface area (Å²) in [5, 5.41) is 3.34. The van der Waals surface area contributed by atoms with Crippen LogP contribution in [0.25, 0.3) is 0 Å². The second-order valence-electron chi connectivity index (χ2n) is 3.84. The zero-order chi connectivity index (χ0) is 12.3. The maximum Gasteiger partial charge on any atom is 0.224 e. The Labute approximate surface area is 110 Å². The van der Waals surface area contributed by atoms with Gasteiger partial charge in [0.15, 0.2) is 0 Å². The van der Waals surface area contributed by atoms with Crippen molar-refractivity contribution in [1.82, 2.24) is 0 Å². The van der Waals surface area contributed by atoms with Gasteiger partial charge in [0.25, 0.3) is 0 Å². The number of anilines is 1. The lowest BCUT2D eigenvalue weighted by Gasteiger charge is -2.21. The number of rotatable bonds is 4. The van der Waals surface area contributed by atoms with E-state index in [0.29, 0.717) is 36.0 Å². The average molecular weight is 274 g/mol. The monoisotopic (exact) mass is 273 g/mol. The fourth-order valence-corrected chi connectivity index (χ4v) is 2.13. The van der Waals surface area contributed by atoms with Crippen molar-refractivity contribution in [3.8, 4) is 5.75 Å². The van der Waals surface area contributed by atoms with Gasteiger partial charge >= 0.3 is 0 Å². The van der Waals surface area contributed by atoms with Crippen molar-refractivity contribution < 1.29 is 9.53 Å². The molecule has 1 aliphatic heterocycles. The van der Waals surface area contributed by atoms with E-state index in [4.69, 9.17) is 27.9 Å². The quantitative estimate of drug-likeness (QED) is 0.676. The molecule has 0 aromatic heterocycles. The molecule has 92 valence electrons. The highest BCUT2D eigenvalue weighted by atomic mass is 35.5. The van der Waals surface area contributed by atoms with Crippen molar-refractivity contribution in [2.24, 2.45) is 0 Å². The molecule has 0 radical (unpaired) electrons. The summed E-state index contributed by atoms with van der Waals surface area (Å²) in [6, 6.07) is 3.58. The lowest BCUT2D eigenvalue weighted by atomic mass is 10.0. The van der Waals surface area contributed by atoms with Gasteiger partial charge in [-0.2, -0.15) is 0 Å². The first kappa shape index (κ1) is 12.5. The minimum absolute atomic E-state index is 0.00249. The number of nitrogens with one attached hydrogen (secondary N) is 1. The molecule has 0 saturated heterocycles. The van der Waals surface area contributed by atoms with Crippen molar-refractivity contribution in [3.05, 3.63) is 22.7 Å². The maximum absolute atomic E-state index is 11.3. The van der Waals surface area contributed by atoms with Gasteiger partial charge in [-0.25, -0.2) is 0 Å². The number of carbonyl (C=O) groups is 1. The third-order valence-corrected chi connectivity index (χ3v) is 3.20. The predicted molar refractivity (Wildman–Crippen MR) is 69.2 cm³/mol. The zero-order valence-corrected chi connectivity index (χ0v) is 10.8. The van der Waals surface area contributed by atoms with Crippen LogP contribution in [0.2, 0.25) is 5.02 Å². The highest BCUT2D eigenvalue weighted by Gasteiger charge is 2.21. The minimum atomic E-state index is -0.00249. The van der Waals surface area contributed by atoms with Crippen LogP contribution in [-0.4, -0.2) is 18.4 Å². The number of alkyl halides is 1. The summed E-state index contributed by atoms with van der Waals surface area (Å²) < 4.78 is 5.64. The van der Waals surface area contributed by atoms with Gasteiger partial charge in [0, 0.05) is 17.9 Å². The Hall–Kier alpha value is -0.930. The van der Waals surface area contributed by atoms with E-state index in [-0.39, 0.29) is 5.91 Å². The van der Waals surface area contributed by atoms with Crippen molar-refractivity contribution in [3.63, 3.8) is 0 Å². The summed E-state index contributed by atoms with van der Waals surface area (Å²) in [5.41, 5.74) is 1.66. The van der Waals surface area contributed by atoms with Crippen LogP contribution in [0.5, 0.6) is 5.75 Å². The molecule has 1 aliphatic rings. The largest absolute Gasteiger partial charge is 0.493 e. The summed E-state index contributed by atoms with van der Waals surface area (Å²) in [6.45, 7) is 0.575. The molecule has 17 heavy (non-hydrogen) atoms. The molecule has 0 bridgehead atoms. The van der Waals surface area contributed by atoms with Gasteiger partial charge in [0.1, 0.15) is 5.75 Å². The first-order valence-electron chi connectivity index (χ1n) is 5.52. The van der Waals surface area contributed by atoms with Crippen LogP contribution in [0, 0.1) is 0 Å². The Kier molecular flexibility index (Phi) is 4.13. The van der Waals surface area contributed by atoms with Crippen LogP contribution in [0.1, 0.15) is 18.4 Å². The number of hydrogen-bond donors (Lipinski definition) is 1. The molecule has 1 heterocycles. The van der Waals surface area contributed by atoms with E-state index in [1.165, 1.54) is 0 Å². The SMILES string of the molecule is O=C1CCc2c(OCCCCl)ccc(Cl)c2N1. The molecular formula is C12H13Cl2NO2. The van der Waals surface area contributed by atoms with Crippen molar-refractivity contribution in [2.45, 2.75) is 19.3 Å². The Morgan fingerprint density at radius 3 is 2.94 bits per heavy atom. The van der Waals surface area contributed by atoms with E-state index in [9.17, 15) is 4.79 Å². The van der Waals surface area contributed by atoms with Crippen molar-refractivity contribution in [2.75, 3.05) is 17.8 Å². The van der Waals surface area contributed by atoms with Gasteiger partial charge in [-0.15, -0.1) is 11.6 Å².